The average molecular weight is 271 g/mol. The van der Waals surface area contributed by atoms with Crippen molar-refractivity contribution in [3.05, 3.63) is 16.5 Å². The fourth-order valence-electron chi connectivity index (χ4n) is 1.68. The quantitative estimate of drug-likeness (QED) is 0.720. The van der Waals surface area contributed by atoms with E-state index in [0.29, 0.717) is 23.6 Å². The first-order valence-corrected chi connectivity index (χ1v) is 7.00. The van der Waals surface area contributed by atoms with Crippen molar-refractivity contribution >= 4 is 11.6 Å². The fraction of sp³-hybridized carbons (Fsp3) is 0.714. The van der Waals surface area contributed by atoms with Gasteiger partial charge in [-0.25, -0.2) is 4.98 Å². The molecular formula is C14H23ClN2O. The van der Waals surface area contributed by atoms with Crippen molar-refractivity contribution in [2.45, 2.75) is 53.4 Å². The summed E-state index contributed by atoms with van der Waals surface area (Å²) < 4.78 is 5.79. The van der Waals surface area contributed by atoms with Crippen molar-refractivity contribution < 1.29 is 4.74 Å². The van der Waals surface area contributed by atoms with Crippen molar-refractivity contribution in [2.75, 3.05) is 6.61 Å². The highest BCUT2D eigenvalue weighted by Gasteiger charge is 2.13. The summed E-state index contributed by atoms with van der Waals surface area (Å²) in [6, 6.07) is 0. The van der Waals surface area contributed by atoms with Crippen molar-refractivity contribution in [1.82, 2.24) is 9.97 Å². The molecule has 0 bridgehead atoms. The van der Waals surface area contributed by atoms with E-state index in [1.165, 1.54) is 6.42 Å². The van der Waals surface area contributed by atoms with Crippen LogP contribution in [0.2, 0.25) is 5.15 Å². The Morgan fingerprint density at radius 2 is 1.89 bits per heavy atom. The molecule has 0 saturated carbocycles. The molecule has 1 atom stereocenters. The third kappa shape index (κ3) is 4.13. The number of halogens is 1. The van der Waals surface area contributed by atoms with E-state index < -0.39 is 0 Å². The second kappa shape index (κ2) is 6.93. The Labute approximate surface area is 115 Å². The van der Waals surface area contributed by atoms with Gasteiger partial charge in [0, 0.05) is 11.5 Å². The van der Waals surface area contributed by atoms with E-state index in [-0.39, 0.29) is 5.92 Å². The lowest BCUT2D eigenvalue weighted by Gasteiger charge is -2.15. The molecule has 0 aliphatic carbocycles. The summed E-state index contributed by atoms with van der Waals surface area (Å²) in [7, 11) is 0. The second-order valence-corrected chi connectivity index (χ2v) is 5.52. The predicted molar refractivity (Wildman–Crippen MR) is 75.4 cm³/mol. The van der Waals surface area contributed by atoms with E-state index in [0.717, 1.165) is 17.8 Å². The van der Waals surface area contributed by atoms with Crippen LogP contribution in [0.5, 0.6) is 5.88 Å². The molecule has 18 heavy (non-hydrogen) atoms. The molecule has 3 nitrogen and oxygen atoms in total. The summed E-state index contributed by atoms with van der Waals surface area (Å²) in [5.41, 5.74) is 0.824. The normalized spacial score (nSPS) is 12.8. The van der Waals surface area contributed by atoms with Crippen LogP contribution in [0.3, 0.4) is 0 Å². The second-order valence-electron chi connectivity index (χ2n) is 5.16. The number of aromatic nitrogens is 2. The van der Waals surface area contributed by atoms with Crippen LogP contribution in [0.4, 0.5) is 0 Å². The third-order valence-electron chi connectivity index (χ3n) is 2.86. The molecule has 1 rings (SSSR count). The third-order valence-corrected chi connectivity index (χ3v) is 3.23. The van der Waals surface area contributed by atoms with Crippen LogP contribution >= 0.6 is 11.6 Å². The van der Waals surface area contributed by atoms with Crippen LogP contribution in [-0.2, 0) is 0 Å². The average Bonchev–Trinajstić information content (AvgIpc) is 2.31. The maximum atomic E-state index is 6.11. The minimum absolute atomic E-state index is 0.249. The number of rotatable bonds is 6. The van der Waals surface area contributed by atoms with Gasteiger partial charge >= 0.3 is 0 Å². The van der Waals surface area contributed by atoms with Crippen molar-refractivity contribution in [3.63, 3.8) is 0 Å². The summed E-state index contributed by atoms with van der Waals surface area (Å²) in [5, 5.41) is 0.492. The van der Waals surface area contributed by atoms with Gasteiger partial charge in [0.1, 0.15) is 11.0 Å². The van der Waals surface area contributed by atoms with Crippen LogP contribution < -0.4 is 4.74 Å². The summed E-state index contributed by atoms with van der Waals surface area (Å²) in [5.74, 6) is 2.15. The van der Waals surface area contributed by atoms with Gasteiger partial charge in [0.05, 0.1) is 6.61 Å². The Bertz CT molecular complexity index is 394. The van der Waals surface area contributed by atoms with Gasteiger partial charge in [-0.3, -0.25) is 0 Å². The molecule has 0 amide bonds. The predicted octanol–water partition coefficient (Wildman–Crippen LogP) is 4.38. The summed E-state index contributed by atoms with van der Waals surface area (Å²) in [6.45, 7) is 11.0. The molecule has 0 aliphatic heterocycles. The Balaban J connectivity index is 2.81. The number of nitrogens with zero attached hydrogens (tertiary/aromatic N) is 2. The first kappa shape index (κ1) is 15.2. The van der Waals surface area contributed by atoms with Crippen LogP contribution in [0.25, 0.3) is 0 Å². The molecule has 4 heteroatoms. The van der Waals surface area contributed by atoms with Crippen LogP contribution in [0.15, 0.2) is 0 Å². The van der Waals surface area contributed by atoms with Crippen LogP contribution in [0, 0.1) is 12.8 Å². The van der Waals surface area contributed by atoms with Gasteiger partial charge in [-0.1, -0.05) is 45.7 Å². The lowest BCUT2D eigenvalue weighted by molar-refractivity contribution is 0.240. The smallest absolute Gasteiger partial charge is 0.221 e. The van der Waals surface area contributed by atoms with Crippen molar-refractivity contribution in [2.24, 2.45) is 5.92 Å². The van der Waals surface area contributed by atoms with E-state index in [9.17, 15) is 0 Å². The zero-order chi connectivity index (χ0) is 13.7. The maximum absolute atomic E-state index is 6.11. The van der Waals surface area contributed by atoms with Gasteiger partial charge in [0.15, 0.2) is 0 Å². The summed E-state index contributed by atoms with van der Waals surface area (Å²) in [4.78, 5) is 8.72. The Morgan fingerprint density at radius 1 is 1.22 bits per heavy atom. The Morgan fingerprint density at radius 3 is 2.44 bits per heavy atom. The molecule has 102 valence electrons. The molecular weight excluding hydrogens is 248 g/mol. The van der Waals surface area contributed by atoms with Gasteiger partial charge in [0.2, 0.25) is 5.88 Å². The zero-order valence-corrected chi connectivity index (χ0v) is 12.7. The molecule has 0 aliphatic rings. The minimum atomic E-state index is 0.249. The standard InChI is InChI=1S/C14H23ClN2O/c1-6-7-10(4)8-18-14-11(5)12(15)16-13(17-14)9(2)3/h9-10H,6-8H2,1-5H3. The monoisotopic (exact) mass is 270 g/mol. The molecule has 1 aromatic heterocycles. The van der Waals surface area contributed by atoms with Gasteiger partial charge in [-0.2, -0.15) is 4.98 Å². The molecule has 0 fully saturated rings. The van der Waals surface area contributed by atoms with E-state index in [1.54, 1.807) is 0 Å². The fourth-order valence-corrected chi connectivity index (χ4v) is 1.85. The molecule has 0 N–H and O–H groups in total. The van der Waals surface area contributed by atoms with Gasteiger partial charge in [0.25, 0.3) is 0 Å². The highest BCUT2D eigenvalue weighted by atomic mass is 35.5. The Hall–Kier alpha value is -0.830. The molecule has 1 unspecified atom stereocenters. The highest BCUT2D eigenvalue weighted by molar-refractivity contribution is 6.30. The molecule has 1 aromatic rings. The molecule has 0 radical (unpaired) electrons. The SMILES string of the molecule is CCCC(C)COc1nc(C(C)C)nc(Cl)c1C. The molecule has 0 spiro atoms. The lowest BCUT2D eigenvalue weighted by Crippen LogP contribution is -2.11. The number of hydrogen-bond acceptors (Lipinski definition) is 3. The van der Waals surface area contributed by atoms with Crippen molar-refractivity contribution in [3.8, 4) is 5.88 Å². The van der Waals surface area contributed by atoms with Gasteiger partial charge in [-0.05, 0) is 19.3 Å². The molecule has 0 aromatic carbocycles. The Kier molecular flexibility index (Phi) is 5.86. The minimum Gasteiger partial charge on any atom is -0.477 e. The summed E-state index contributed by atoms with van der Waals surface area (Å²) >= 11 is 6.11. The van der Waals surface area contributed by atoms with E-state index in [2.05, 4.69) is 23.8 Å². The van der Waals surface area contributed by atoms with E-state index >= 15 is 0 Å². The van der Waals surface area contributed by atoms with Crippen molar-refractivity contribution in [1.29, 1.82) is 0 Å². The zero-order valence-electron chi connectivity index (χ0n) is 12.0. The number of ether oxygens (including phenoxy) is 1. The first-order valence-electron chi connectivity index (χ1n) is 6.62. The molecule has 1 heterocycles. The topological polar surface area (TPSA) is 35.0 Å². The highest BCUT2D eigenvalue weighted by Crippen LogP contribution is 2.25. The first-order chi connectivity index (χ1) is 8.45. The van der Waals surface area contributed by atoms with Crippen LogP contribution in [-0.4, -0.2) is 16.6 Å². The molecule has 0 saturated heterocycles. The van der Waals surface area contributed by atoms with Crippen LogP contribution in [0.1, 0.15) is 57.8 Å². The van der Waals surface area contributed by atoms with Gasteiger partial charge < -0.3 is 4.74 Å². The van der Waals surface area contributed by atoms with Gasteiger partial charge in [-0.15, -0.1) is 0 Å². The summed E-state index contributed by atoms with van der Waals surface area (Å²) in [6.07, 6.45) is 2.33. The van der Waals surface area contributed by atoms with E-state index in [1.807, 2.05) is 20.8 Å². The maximum Gasteiger partial charge on any atom is 0.221 e. The largest absolute Gasteiger partial charge is 0.477 e. The lowest BCUT2D eigenvalue weighted by atomic mass is 10.1. The van der Waals surface area contributed by atoms with E-state index in [4.69, 9.17) is 16.3 Å². The number of hydrogen-bond donors (Lipinski definition) is 0.